The summed E-state index contributed by atoms with van der Waals surface area (Å²) in [5.41, 5.74) is 6.35. The predicted molar refractivity (Wildman–Crippen MR) is 87.0 cm³/mol. The number of benzene rings is 2. The lowest BCUT2D eigenvalue weighted by Crippen LogP contribution is -1.96. The van der Waals surface area contributed by atoms with Crippen LogP contribution in [0.15, 0.2) is 42.5 Å². The van der Waals surface area contributed by atoms with Crippen molar-refractivity contribution < 1.29 is 0 Å². The van der Waals surface area contributed by atoms with Crippen molar-refractivity contribution in [2.45, 2.75) is 39.5 Å². The lowest BCUT2D eigenvalue weighted by atomic mass is 9.98. The quantitative estimate of drug-likeness (QED) is 0.684. The van der Waals surface area contributed by atoms with Crippen LogP contribution in [0.4, 0.5) is 0 Å². The summed E-state index contributed by atoms with van der Waals surface area (Å²) in [6, 6.07) is 15.4. The van der Waals surface area contributed by atoms with Gasteiger partial charge in [-0.3, -0.25) is 0 Å². The highest BCUT2D eigenvalue weighted by Gasteiger charge is 2.02. The maximum absolute atomic E-state index is 5.59. The highest BCUT2D eigenvalue weighted by Crippen LogP contribution is 2.15. The highest BCUT2D eigenvalue weighted by atomic mass is 14.1. The highest BCUT2D eigenvalue weighted by molar-refractivity contribution is 5.42. The van der Waals surface area contributed by atoms with Crippen molar-refractivity contribution in [2.75, 3.05) is 0 Å². The second kappa shape index (κ2) is 6.96. The summed E-state index contributed by atoms with van der Waals surface area (Å²) < 4.78 is 0. The molecule has 0 N–H and O–H groups in total. The lowest BCUT2D eigenvalue weighted by Gasteiger charge is -2.07. The van der Waals surface area contributed by atoms with Gasteiger partial charge in [-0.1, -0.05) is 55.7 Å². The molecule has 0 radical (unpaired) electrons. The Balaban J connectivity index is 2.03. The van der Waals surface area contributed by atoms with E-state index in [1.54, 1.807) is 0 Å². The van der Waals surface area contributed by atoms with E-state index in [2.05, 4.69) is 62.2 Å². The Kier molecular flexibility index (Phi) is 5.02. The van der Waals surface area contributed by atoms with Crippen molar-refractivity contribution in [2.24, 2.45) is 0 Å². The molecule has 0 unspecified atom stereocenters. The first-order chi connectivity index (χ1) is 9.72. The molecule has 0 aliphatic rings. The van der Waals surface area contributed by atoms with Crippen LogP contribution in [0.5, 0.6) is 0 Å². The van der Waals surface area contributed by atoms with Gasteiger partial charge in [0.2, 0.25) is 0 Å². The Labute approximate surface area is 122 Å². The van der Waals surface area contributed by atoms with E-state index in [4.69, 9.17) is 6.42 Å². The van der Waals surface area contributed by atoms with Gasteiger partial charge in [-0.25, -0.2) is 0 Å². The molecule has 0 fully saturated rings. The smallest absolute Gasteiger partial charge is 0.0277 e. The largest absolute Gasteiger partial charge is 0.115 e. The molecular weight excluding hydrogens is 240 g/mol. The fourth-order valence-corrected chi connectivity index (χ4v) is 2.48. The second-order valence-corrected chi connectivity index (χ2v) is 5.37. The topological polar surface area (TPSA) is 0 Å². The normalized spacial score (nSPS) is 10.2. The Morgan fingerprint density at radius 2 is 1.55 bits per heavy atom. The van der Waals surface area contributed by atoms with Crippen molar-refractivity contribution in [3.05, 3.63) is 70.3 Å². The molecule has 0 nitrogen and oxygen atoms in total. The summed E-state index contributed by atoms with van der Waals surface area (Å²) in [5.74, 6) is 2.80. The van der Waals surface area contributed by atoms with Gasteiger partial charge in [-0.15, -0.1) is 6.42 Å². The zero-order valence-electron chi connectivity index (χ0n) is 12.4. The van der Waals surface area contributed by atoms with E-state index in [9.17, 15) is 0 Å². The Morgan fingerprint density at radius 3 is 2.15 bits per heavy atom. The van der Waals surface area contributed by atoms with Crippen LogP contribution in [0.25, 0.3) is 0 Å². The van der Waals surface area contributed by atoms with Crippen LogP contribution in [0, 0.1) is 19.3 Å². The second-order valence-electron chi connectivity index (χ2n) is 5.37. The van der Waals surface area contributed by atoms with Crippen molar-refractivity contribution in [1.29, 1.82) is 0 Å². The van der Waals surface area contributed by atoms with Crippen molar-refractivity contribution in [3.8, 4) is 12.3 Å². The van der Waals surface area contributed by atoms with Gasteiger partial charge in [0.1, 0.15) is 0 Å². The van der Waals surface area contributed by atoms with Gasteiger partial charge in [-0.05, 0) is 54.5 Å². The van der Waals surface area contributed by atoms with Crippen LogP contribution < -0.4 is 0 Å². The molecule has 2 aromatic rings. The molecule has 2 aromatic carbocycles. The van der Waals surface area contributed by atoms with Crippen molar-refractivity contribution >= 4 is 0 Å². The van der Waals surface area contributed by atoms with Crippen LogP contribution in [0.3, 0.4) is 0 Å². The van der Waals surface area contributed by atoms with Gasteiger partial charge in [0, 0.05) is 5.56 Å². The van der Waals surface area contributed by atoms with E-state index >= 15 is 0 Å². The number of hydrogen-bond acceptors (Lipinski definition) is 0. The molecule has 0 atom stereocenters. The number of hydrogen-bond donors (Lipinski definition) is 0. The summed E-state index contributed by atoms with van der Waals surface area (Å²) in [7, 11) is 0. The summed E-state index contributed by atoms with van der Waals surface area (Å²) in [6.07, 6.45) is 10.0. The minimum absolute atomic E-state index is 1.01. The van der Waals surface area contributed by atoms with Gasteiger partial charge in [0.05, 0.1) is 0 Å². The molecule has 0 aromatic heterocycles. The third kappa shape index (κ3) is 3.75. The molecule has 0 amide bonds. The molecule has 0 saturated heterocycles. The summed E-state index contributed by atoms with van der Waals surface area (Å²) in [6.45, 7) is 4.30. The van der Waals surface area contributed by atoms with Crippen LogP contribution in [0.1, 0.15) is 41.2 Å². The monoisotopic (exact) mass is 262 g/mol. The molecule has 0 aliphatic heterocycles. The van der Waals surface area contributed by atoms with Gasteiger partial charge in [0.15, 0.2) is 0 Å². The Morgan fingerprint density at radius 1 is 0.900 bits per heavy atom. The number of aryl methyl sites for hydroxylation is 4. The van der Waals surface area contributed by atoms with E-state index in [1.807, 2.05) is 0 Å². The third-order valence-electron chi connectivity index (χ3n) is 3.67. The predicted octanol–water partition coefficient (Wildman–Crippen LogP) is 4.71. The zero-order valence-corrected chi connectivity index (χ0v) is 12.4. The van der Waals surface area contributed by atoms with E-state index in [-0.39, 0.29) is 0 Å². The van der Waals surface area contributed by atoms with E-state index in [0.29, 0.717) is 0 Å². The van der Waals surface area contributed by atoms with E-state index < -0.39 is 0 Å². The van der Waals surface area contributed by atoms with Gasteiger partial charge < -0.3 is 0 Å². The average molecular weight is 262 g/mol. The first-order valence-corrected chi connectivity index (χ1v) is 7.37. The van der Waals surface area contributed by atoms with Gasteiger partial charge >= 0.3 is 0 Å². The maximum Gasteiger partial charge on any atom is 0.0277 e. The maximum atomic E-state index is 5.59. The minimum atomic E-state index is 1.01. The van der Waals surface area contributed by atoms with Crippen LogP contribution in [-0.4, -0.2) is 0 Å². The van der Waals surface area contributed by atoms with E-state index in [0.717, 1.165) is 18.4 Å². The molecule has 0 spiro atoms. The molecule has 0 bridgehead atoms. The van der Waals surface area contributed by atoms with Crippen LogP contribution in [-0.2, 0) is 19.3 Å². The molecule has 20 heavy (non-hydrogen) atoms. The van der Waals surface area contributed by atoms with Gasteiger partial charge in [-0.2, -0.15) is 0 Å². The Bertz CT molecular complexity index is 597. The number of rotatable bonds is 5. The first-order valence-electron chi connectivity index (χ1n) is 7.37. The molecular formula is C20H22. The summed E-state index contributed by atoms with van der Waals surface area (Å²) in [5, 5.41) is 0. The molecule has 2 rings (SSSR count). The van der Waals surface area contributed by atoms with Crippen LogP contribution in [0.2, 0.25) is 0 Å². The minimum Gasteiger partial charge on any atom is -0.115 e. The third-order valence-corrected chi connectivity index (χ3v) is 3.67. The summed E-state index contributed by atoms with van der Waals surface area (Å²) in [4.78, 5) is 0. The lowest BCUT2D eigenvalue weighted by molar-refractivity contribution is 0.914. The summed E-state index contributed by atoms with van der Waals surface area (Å²) >= 11 is 0. The number of terminal acetylenes is 1. The van der Waals surface area contributed by atoms with Crippen molar-refractivity contribution in [1.82, 2.24) is 0 Å². The van der Waals surface area contributed by atoms with Crippen LogP contribution >= 0.6 is 0 Å². The molecule has 0 aliphatic carbocycles. The van der Waals surface area contributed by atoms with Gasteiger partial charge in [0.25, 0.3) is 0 Å². The SMILES string of the molecule is C#Cc1cc(C)ccc1CCc1ccc(CCC)cc1. The van der Waals surface area contributed by atoms with E-state index in [1.165, 1.54) is 35.1 Å². The standard InChI is InChI=1S/C20H22/c1-4-6-17-8-10-18(11-9-17)12-14-20-13-7-16(3)15-19(20)5-2/h2,7-11,13,15H,4,6,12,14H2,1,3H3. The zero-order chi connectivity index (χ0) is 14.4. The molecule has 102 valence electrons. The molecule has 0 saturated carbocycles. The Hall–Kier alpha value is -2.00. The fraction of sp³-hybridized carbons (Fsp3) is 0.300. The first kappa shape index (κ1) is 14.4. The fourth-order valence-electron chi connectivity index (χ4n) is 2.48. The molecule has 0 heterocycles. The van der Waals surface area contributed by atoms with Crippen molar-refractivity contribution in [3.63, 3.8) is 0 Å². The average Bonchev–Trinajstić information content (AvgIpc) is 2.47. The molecule has 0 heteroatoms.